The molecule has 0 radical (unpaired) electrons. The quantitative estimate of drug-likeness (QED) is 0.797. The van der Waals surface area contributed by atoms with Crippen LogP contribution in [0.1, 0.15) is 19.8 Å². The second-order valence-corrected chi connectivity index (χ2v) is 3.97. The molecule has 0 amide bonds. The molecule has 15 heavy (non-hydrogen) atoms. The predicted octanol–water partition coefficient (Wildman–Crippen LogP) is 1.75. The van der Waals surface area contributed by atoms with E-state index in [1.807, 2.05) is 19.3 Å². The van der Waals surface area contributed by atoms with Crippen LogP contribution in [0, 0.1) is 5.92 Å². The molecule has 2 rings (SSSR count). The molecule has 0 atom stereocenters. The zero-order valence-corrected chi connectivity index (χ0v) is 9.40. The van der Waals surface area contributed by atoms with Crippen LogP contribution in [0.5, 0.6) is 0 Å². The lowest BCUT2D eigenvalue weighted by Gasteiger charge is -2.21. The lowest BCUT2D eigenvalue weighted by Crippen LogP contribution is -2.26. The minimum atomic E-state index is 0.696. The third kappa shape index (κ3) is 2.58. The maximum absolute atomic E-state index is 4.45. The van der Waals surface area contributed by atoms with Gasteiger partial charge in [0.05, 0.1) is 0 Å². The van der Waals surface area contributed by atoms with Gasteiger partial charge in [0.2, 0.25) is 5.95 Å². The average molecular weight is 206 g/mol. The minimum absolute atomic E-state index is 0.696. The van der Waals surface area contributed by atoms with Crippen molar-refractivity contribution < 1.29 is 0 Å². The van der Waals surface area contributed by atoms with Gasteiger partial charge in [0.15, 0.2) is 0 Å². The Morgan fingerprint density at radius 3 is 2.93 bits per heavy atom. The molecule has 1 aliphatic carbocycles. The summed E-state index contributed by atoms with van der Waals surface area (Å²) in [5, 5.41) is 2.97. The summed E-state index contributed by atoms with van der Waals surface area (Å²) in [6.07, 6.45) is 4.56. The molecule has 1 fully saturated rings. The summed E-state index contributed by atoms with van der Waals surface area (Å²) in [5.74, 6) is 2.61. The number of nitrogens with zero attached hydrogens (tertiary/aromatic N) is 3. The Labute approximate surface area is 90.7 Å². The molecule has 0 aromatic carbocycles. The maximum Gasteiger partial charge on any atom is 0.224 e. The highest BCUT2D eigenvalue weighted by Gasteiger charge is 2.24. The molecule has 4 nitrogen and oxygen atoms in total. The zero-order chi connectivity index (χ0) is 10.7. The maximum atomic E-state index is 4.45. The van der Waals surface area contributed by atoms with Crippen molar-refractivity contribution in [2.24, 2.45) is 5.92 Å². The number of aromatic nitrogens is 2. The minimum Gasteiger partial charge on any atom is -0.357 e. The molecule has 0 spiro atoms. The van der Waals surface area contributed by atoms with E-state index in [2.05, 4.69) is 27.1 Å². The van der Waals surface area contributed by atoms with Gasteiger partial charge in [0, 0.05) is 26.3 Å². The fraction of sp³-hybridized carbons (Fsp3) is 0.636. The van der Waals surface area contributed by atoms with Gasteiger partial charge in [-0.05, 0) is 31.7 Å². The third-order valence-electron chi connectivity index (χ3n) is 2.75. The van der Waals surface area contributed by atoms with Gasteiger partial charge in [0.1, 0.15) is 5.82 Å². The van der Waals surface area contributed by atoms with Crippen molar-refractivity contribution in [3.05, 3.63) is 12.3 Å². The molecule has 1 aromatic heterocycles. The first-order valence-corrected chi connectivity index (χ1v) is 5.59. The summed E-state index contributed by atoms with van der Waals surface area (Å²) in [5.41, 5.74) is 0. The fourth-order valence-corrected chi connectivity index (χ4v) is 1.64. The van der Waals surface area contributed by atoms with Crippen molar-refractivity contribution in [1.82, 2.24) is 9.97 Å². The summed E-state index contributed by atoms with van der Waals surface area (Å²) in [4.78, 5) is 10.9. The number of hydrogen-bond donors (Lipinski definition) is 1. The van der Waals surface area contributed by atoms with Crippen molar-refractivity contribution in [3.63, 3.8) is 0 Å². The Bertz CT molecular complexity index is 322. The van der Waals surface area contributed by atoms with E-state index in [4.69, 9.17) is 0 Å². The smallest absolute Gasteiger partial charge is 0.224 e. The van der Waals surface area contributed by atoms with E-state index in [0.717, 1.165) is 24.8 Å². The number of rotatable bonds is 5. The van der Waals surface area contributed by atoms with Gasteiger partial charge in [-0.2, -0.15) is 4.98 Å². The van der Waals surface area contributed by atoms with Crippen LogP contribution < -0.4 is 10.2 Å². The molecule has 1 saturated carbocycles. The molecular formula is C11H18N4. The van der Waals surface area contributed by atoms with E-state index < -0.39 is 0 Å². The largest absolute Gasteiger partial charge is 0.357 e. The lowest BCUT2D eigenvalue weighted by atomic mass is 10.3. The summed E-state index contributed by atoms with van der Waals surface area (Å²) >= 11 is 0. The normalized spacial score (nSPS) is 15.1. The van der Waals surface area contributed by atoms with Crippen LogP contribution in [-0.2, 0) is 0 Å². The van der Waals surface area contributed by atoms with Crippen molar-refractivity contribution in [1.29, 1.82) is 0 Å². The van der Waals surface area contributed by atoms with Crippen molar-refractivity contribution in [2.75, 3.05) is 30.4 Å². The Morgan fingerprint density at radius 2 is 2.33 bits per heavy atom. The van der Waals surface area contributed by atoms with Crippen LogP contribution in [0.2, 0.25) is 0 Å². The Hall–Kier alpha value is -1.32. The highest BCUT2D eigenvalue weighted by Crippen LogP contribution is 2.30. The van der Waals surface area contributed by atoms with Gasteiger partial charge in [-0.15, -0.1) is 0 Å². The van der Waals surface area contributed by atoms with Gasteiger partial charge >= 0.3 is 0 Å². The van der Waals surface area contributed by atoms with Crippen molar-refractivity contribution in [3.8, 4) is 0 Å². The first-order chi connectivity index (χ1) is 7.33. The molecule has 1 heterocycles. The Kier molecular flexibility index (Phi) is 3.04. The van der Waals surface area contributed by atoms with E-state index in [0.29, 0.717) is 5.95 Å². The Balaban J connectivity index is 2.09. The van der Waals surface area contributed by atoms with Crippen LogP contribution in [-0.4, -0.2) is 30.1 Å². The first kappa shape index (κ1) is 10.2. The molecule has 1 aromatic rings. The second kappa shape index (κ2) is 4.47. The highest BCUT2D eigenvalue weighted by molar-refractivity contribution is 5.42. The van der Waals surface area contributed by atoms with E-state index >= 15 is 0 Å². The van der Waals surface area contributed by atoms with E-state index in [1.165, 1.54) is 12.8 Å². The topological polar surface area (TPSA) is 41.1 Å². The molecule has 4 heteroatoms. The Morgan fingerprint density at radius 1 is 1.53 bits per heavy atom. The number of anilines is 2. The molecule has 0 unspecified atom stereocenters. The summed E-state index contributed by atoms with van der Waals surface area (Å²) < 4.78 is 0. The lowest BCUT2D eigenvalue weighted by molar-refractivity contribution is 0.731. The predicted molar refractivity (Wildman–Crippen MR) is 62.2 cm³/mol. The molecule has 82 valence electrons. The van der Waals surface area contributed by atoms with Gasteiger partial charge in [-0.3, -0.25) is 0 Å². The first-order valence-electron chi connectivity index (χ1n) is 5.59. The molecule has 0 aliphatic heterocycles. The number of hydrogen-bond acceptors (Lipinski definition) is 4. The van der Waals surface area contributed by atoms with Gasteiger partial charge in [-0.1, -0.05) is 0 Å². The fourth-order valence-electron chi connectivity index (χ4n) is 1.64. The third-order valence-corrected chi connectivity index (χ3v) is 2.75. The van der Waals surface area contributed by atoms with Crippen LogP contribution in [0.4, 0.5) is 11.8 Å². The summed E-state index contributed by atoms with van der Waals surface area (Å²) in [7, 11) is 1.84. The summed E-state index contributed by atoms with van der Waals surface area (Å²) in [6.45, 7) is 4.32. The van der Waals surface area contributed by atoms with E-state index in [1.54, 1.807) is 0 Å². The van der Waals surface area contributed by atoms with Gasteiger partial charge < -0.3 is 10.2 Å². The molecule has 0 saturated heterocycles. The average Bonchev–Trinajstić information content (AvgIpc) is 3.10. The molecule has 0 bridgehead atoms. The number of nitrogens with one attached hydrogen (secondary N) is 1. The molecule has 1 aliphatic rings. The SMILES string of the molecule is CCN(CC1CC1)c1ccnc(NC)n1. The highest BCUT2D eigenvalue weighted by atomic mass is 15.2. The summed E-state index contributed by atoms with van der Waals surface area (Å²) in [6, 6.07) is 1.98. The van der Waals surface area contributed by atoms with Crippen LogP contribution in [0.25, 0.3) is 0 Å². The van der Waals surface area contributed by atoms with Crippen LogP contribution >= 0.6 is 0 Å². The standard InChI is InChI=1S/C11H18N4/c1-3-15(8-9-4-5-9)10-6-7-13-11(12-2)14-10/h6-7,9H,3-5,8H2,1-2H3,(H,12,13,14). The van der Waals surface area contributed by atoms with Crippen LogP contribution in [0.3, 0.4) is 0 Å². The zero-order valence-electron chi connectivity index (χ0n) is 9.40. The van der Waals surface area contributed by atoms with Gasteiger partial charge in [-0.25, -0.2) is 4.98 Å². The van der Waals surface area contributed by atoms with Crippen molar-refractivity contribution >= 4 is 11.8 Å². The van der Waals surface area contributed by atoms with E-state index in [9.17, 15) is 0 Å². The van der Waals surface area contributed by atoms with Crippen LogP contribution in [0.15, 0.2) is 12.3 Å². The molecular weight excluding hydrogens is 188 g/mol. The monoisotopic (exact) mass is 206 g/mol. The van der Waals surface area contributed by atoms with Crippen molar-refractivity contribution in [2.45, 2.75) is 19.8 Å². The van der Waals surface area contributed by atoms with E-state index in [-0.39, 0.29) is 0 Å². The second-order valence-electron chi connectivity index (χ2n) is 3.97. The van der Waals surface area contributed by atoms with Gasteiger partial charge in [0.25, 0.3) is 0 Å². The molecule has 1 N–H and O–H groups in total.